The number of fused-ring (bicyclic) bond motifs is 7. The Labute approximate surface area is 355 Å². The Bertz CT molecular complexity index is 3420. The molecule has 2 heterocycles. The summed E-state index contributed by atoms with van der Waals surface area (Å²) in [6, 6.07) is 73.3. The van der Waals surface area contributed by atoms with Gasteiger partial charge in [-0.3, -0.25) is 0 Å². The lowest BCUT2D eigenvalue weighted by Crippen LogP contribution is -2.13. The van der Waals surface area contributed by atoms with Crippen LogP contribution in [0.5, 0.6) is 0 Å². The number of aromatic nitrogens is 1. The van der Waals surface area contributed by atoms with Gasteiger partial charge in [0.25, 0.3) is 0 Å². The van der Waals surface area contributed by atoms with Crippen molar-refractivity contribution >= 4 is 71.6 Å². The third-order valence-electron chi connectivity index (χ3n) is 13.2. The Hall–Kier alpha value is -7.36. The monoisotopic (exact) mass is 784 g/mol. The van der Waals surface area contributed by atoms with Crippen molar-refractivity contribution in [1.29, 1.82) is 0 Å². The third-order valence-corrected chi connectivity index (χ3v) is 13.2. The van der Waals surface area contributed by atoms with Crippen LogP contribution in [-0.4, -0.2) is 4.57 Å². The molecule has 1 aliphatic carbocycles. The van der Waals surface area contributed by atoms with Gasteiger partial charge in [0.15, 0.2) is 0 Å². The lowest BCUT2D eigenvalue weighted by atomic mass is 9.80. The molecular formula is C58H44N2O. The summed E-state index contributed by atoms with van der Waals surface area (Å²) in [4.78, 5) is 2.52. The van der Waals surface area contributed by atoms with Gasteiger partial charge in [0.2, 0.25) is 0 Å². The smallest absolute Gasteiger partial charge is 0.137 e. The Morgan fingerprint density at radius 3 is 1.80 bits per heavy atom. The zero-order valence-corrected chi connectivity index (χ0v) is 34.0. The Morgan fingerprint density at radius 1 is 0.410 bits per heavy atom. The predicted octanol–water partition coefficient (Wildman–Crippen LogP) is 16.7. The molecule has 0 spiro atoms. The highest BCUT2D eigenvalue weighted by atomic mass is 16.3. The van der Waals surface area contributed by atoms with E-state index in [-0.39, 0.29) is 0 Å². The van der Waals surface area contributed by atoms with Crippen molar-refractivity contribution in [3.05, 3.63) is 206 Å². The number of rotatable bonds is 7. The minimum Gasteiger partial charge on any atom is -0.456 e. The number of anilines is 3. The molecule has 61 heavy (non-hydrogen) atoms. The first-order valence-corrected chi connectivity index (χ1v) is 21.8. The minimum atomic E-state index is 0.561. The summed E-state index contributed by atoms with van der Waals surface area (Å²) >= 11 is 0. The minimum absolute atomic E-state index is 0.561. The summed E-state index contributed by atoms with van der Waals surface area (Å²) in [5.41, 5.74) is 14.8. The van der Waals surface area contributed by atoms with Crippen molar-refractivity contribution in [1.82, 2.24) is 4.57 Å². The van der Waals surface area contributed by atoms with Gasteiger partial charge in [-0.2, -0.15) is 0 Å². The molecule has 0 saturated heterocycles. The number of nitrogens with zero attached hydrogens (tertiary/aromatic N) is 2. The second-order valence-electron chi connectivity index (χ2n) is 16.6. The Morgan fingerprint density at radius 2 is 0.984 bits per heavy atom. The quantitative estimate of drug-likeness (QED) is 0.161. The highest BCUT2D eigenvalue weighted by molar-refractivity contribution is 6.17. The van der Waals surface area contributed by atoms with Crippen LogP contribution < -0.4 is 4.90 Å². The summed E-state index contributed by atoms with van der Waals surface area (Å²) in [6.07, 6.45) is 6.41. The molecule has 0 radical (unpaired) electrons. The first-order chi connectivity index (χ1) is 30.3. The van der Waals surface area contributed by atoms with E-state index in [1.807, 2.05) is 0 Å². The van der Waals surface area contributed by atoms with Crippen molar-refractivity contribution < 1.29 is 4.42 Å². The van der Waals surface area contributed by atoms with Crippen LogP contribution in [-0.2, 0) is 0 Å². The largest absolute Gasteiger partial charge is 0.456 e. The summed E-state index contributed by atoms with van der Waals surface area (Å²) in [5.74, 6) is 0.561. The fraction of sp³-hybridized carbons (Fsp3) is 0.103. The fourth-order valence-electron chi connectivity index (χ4n) is 10.6. The van der Waals surface area contributed by atoms with E-state index >= 15 is 0 Å². The Kier molecular flexibility index (Phi) is 8.59. The molecule has 1 saturated carbocycles. The van der Waals surface area contributed by atoms with Crippen molar-refractivity contribution in [2.75, 3.05) is 4.90 Å². The molecule has 1 fully saturated rings. The van der Waals surface area contributed by atoms with Crippen LogP contribution in [0.1, 0.15) is 43.6 Å². The second kappa shape index (κ2) is 14.7. The molecule has 9 aromatic carbocycles. The highest BCUT2D eigenvalue weighted by Gasteiger charge is 2.27. The van der Waals surface area contributed by atoms with Crippen LogP contribution in [0, 0.1) is 0 Å². The molecule has 292 valence electrons. The van der Waals surface area contributed by atoms with E-state index in [1.54, 1.807) is 0 Å². The lowest BCUT2D eigenvalue weighted by molar-refractivity contribution is 0.445. The summed E-state index contributed by atoms with van der Waals surface area (Å²) in [7, 11) is 0. The van der Waals surface area contributed by atoms with E-state index < -0.39 is 0 Å². The molecule has 0 bridgehead atoms. The average Bonchev–Trinajstić information content (AvgIpc) is 3.89. The Balaban J connectivity index is 1.18. The maximum Gasteiger partial charge on any atom is 0.137 e. The molecular weight excluding hydrogens is 741 g/mol. The van der Waals surface area contributed by atoms with Gasteiger partial charge in [-0.25, -0.2) is 0 Å². The second-order valence-corrected chi connectivity index (χ2v) is 16.6. The van der Waals surface area contributed by atoms with Gasteiger partial charge in [0, 0.05) is 38.5 Å². The normalized spacial score (nSPS) is 13.5. The predicted molar refractivity (Wildman–Crippen MR) is 257 cm³/mol. The molecule has 0 aliphatic heterocycles. The molecule has 2 aromatic heterocycles. The van der Waals surface area contributed by atoms with Gasteiger partial charge in [-0.05, 0) is 89.2 Å². The summed E-state index contributed by atoms with van der Waals surface area (Å²) in [6.45, 7) is 0. The summed E-state index contributed by atoms with van der Waals surface area (Å²) < 4.78 is 9.06. The first-order valence-electron chi connectivity index (χ1n) is 21.8. The molecule has 0 atom stereocenters. The van der Waals surface area contributed by atoms with Crippen molar-refractivity contribution in [2.24, 2.45) is 0 Å². The standard InChI is InChI=1S/C58H44N2O/c1-3-19-39(20-4-1)42-29-15-21-40-22-16-30-46(56(40)42)43-25-7-12-34-51(43)60(53-36-18-38-55-57(53)49-28-10-14-37-54(49)61-55)52-35-13-9-27-45(52)48-32-17-31-47-44-26-8-11-33-50(44)59(58(47)48)41-23-5-2-6-24-41/h2,5-18,21-39H,1,3-4,19-20H2. The van der Waals surface area contributed by atoms with E-state index in [4.69, 9.17) is 4.42 Å². The molecule has 0 N–H and O–H groups in total. The van der Waals surface area contributed by atoms with E-state index in [9.17, 15) is 0 Å². The number of hydrogen-bond acceptors (Lipinski definition) is 2. The van der Waals surface area contributed by atoms with E-state index in [2.05, 4.69) is 210 Å². The van der Waals surface area contributed by atoms with E-state index in [0.29, 0.717) is 5.92 Å². The van der Waals surface area contributed by atoms with E-state index in [0.717, 1.165) is 50.3 Å². The lowest BCUT2D eigenvalue weighted by Gasteiger charge is -2.31. The van der Waals surface area contributed by atoms with Crippen molar-refractivity contribution in [3.8, 4) is 27.9 Å². The van der Waals surface area contributed by atoms with Gasteiger partial charge in [-0.1, -0.05) is 171 Å². The first kappa shape index (κ1) is 35.6. The molecule has 1 aliphatic rings. The number of furan rings is 1. The highest BCUT2D eigenvalue weighted by Crippen LogP contribution is 2.51. The van der Waals surface area contributed by atoms with Gasteiger partial charge in [0.1, 0.15) is 11.2 Å². The molecule has 0 amide bonds. The molecule has 3 nitrogen and oxygen atoms in total. The average molecular weight is 785 g/mol. The zero-order chi connectivity index (χ0) is 40.3. The molecule has 12 rings (SSSR count). The van der Waals surface area contributed by atoms with Gasteiger partial charge in [0.05, 0.1) is 33.5 Å². The number of para-hydroxylation sites is 6. The molecule has 11 aromatic rings. The van der Waals surface area contributed by atoms with Gasteiger partial charge in [-0.15, -0.1) is 0 Å². The van der Waals surface area contributed by atoms with Crippen molar-refractivity contribution in [2.45, 2.75) is 38.0 Å². The SMILES string of the molecule is c1ccc(-n2c3ccccc3c3cccc(-c4ccccc4N(c4ccccc4-c4cccc5cccc(C6CCCCC6)c45)c4cccc5oc6ccccc6c45)c32)cc1. The van der Waals surface area contributed by atoms with Crippen molar-refractivity contribution in [3.63, 3.8) is 0 Å². The fourth-order valence-corrected chi connectivity index (χ4v) is 10.6. The van der Waals surface area contributed by atoms with Gasteiger partial charge < -0.3 is 13.9 Å². The van der Waals surface area contributed by atoms with E-state index in [1.165, 1.54) is 86.9 Å². The van der Waals surface area contributed by atoms with Crippen LogP contribution >= 0.6 is 0 Å². The van der Waals surface area contributed by atoms with Crippen LogP contribution in [0.15, 0.2) is 205 Å². The molecule has 0 unspecified atom stereocenters. The third kappa shape index (κ3) is 5.79. The van der Waals surface area contributed by atoms with Gasteiger partial charge >= 0.3 is 0 Å². The van der Waals surface area contributed by atoms with Crippen LogP contribution in [0.3, 0.4) is 0 Å². The van der Waals surface area contributed by atoms with Crippen LogP contribution in [0.2, 0.25) is 0 Å². The maximum atomic E-state index is 6.61. The maximum absolute atomic E-state index is 6.61. The summed E-state index contributed by atoms with van der Waals surface area (Å²) in [5, 5.41) is 7.34. The number of hydrogen-bond donors (Lipinski definition) is 0. The zero-order valence-electron chi connectivity index (χ0n) is 34.0. The topological polar surface area (TPSA) is 21.3 Å². The molecule has 3 heteroatoms. The number of benzene rings is 9. The van der Waals surface area contributed by atoms with Crippen LogP contribution in [0.4, 0.5) is 17.1 Å². The van der Waals surface area contributed by atoms with Crippen LogP contribution in [0.25, 0.3) is 82.5 Å².